The minimum absolute atomic E-state index is 0.0396. The molecule has 1 aliphatic heterocycles. The molecule has 0 unspecified atom stereocenters. The largest absolute Gasteiger partial charge is 0.452 e. The fourth-order valence-electron chi connectivity index (χ4n) is 3.04. The van der Waals surface area contributed by atoms with E-state index in [1.54, 1.807) is 4.90 Å². The molecule has 1 fully saturated rings. The van der Waals surface area contributed by atoms with Crippen molar-refractivity contribution in [1.29, 1.82) is 0 Å². The molecular formula is C19H19ClN4O5. The summed E-state index contributed by atoms with van der Waals surface area (Å²) in [5, 5.41) is 11.6. The first-order chi connectivity index (χ1) is 13.9. The summed E-state index contributed by atoms with van der Waals surface area (Å²) < 4.78 is 5.02. The van der Waals surface area contributed by atoms with Gasteiger partial charge in [0.15, 0.2) is 6.61 Å². The van der Waals surface area contributed by atoms with Crippen molar-refractivity contribution in [2.75, 3.05) is 43.4 Å². The second kappa shape index (κ2) is 8.78. The van der Waals surface area contributed by atoms with E-state index in [-0.39, 0.29) is 22.8 Å². The predicted molar refractivity (Wildman–Crippen MR) is 108 cm³/mol. The number of nitrogen functional groups attached to an aromatic ring is 1. The first-order valence-corrected chi connectivity index (χ1v) is 9.23. The number of piperazine rings is 1. The molecule has 0 atom stereocenters. The van der Waals surface area contributed by atoms with Crippen LogP contribution in [0, 0.1) is 10.1 Å². The van der Waals surface area contributed by atoms with Crippen LogP contribution in [0.15, 0.2) is 42.5 Å². The lowest BCUT2D eigenvalue weighted by atomic mass is 10.2. The lowest BCUT2D eigenvalue weighted by Crippen LogP contribution is -2.50. The van der Waals surface area contributed by atoms with Gasteiger partial charge in [-0.25, -0.2) is 4.79 Å². The van der Waals surface area contributed by atoms with Crippen LogP contribution in [0.1, 0.15) is 10.4 Å². The summed E-state index contributed by atoms with van der Waals surface area (Å²) in [6.07, 6.45) is 0. The molecular weight excluding hydrogens is 400 g/mol. The first kappa shape index (κ1) is 20.4. The van der Waals surface area contributed by atoms with Crippen molar-refractivity contribution in [2.45, 2.75) is 0 Å². The number of halogens is 1. The number of carbonyl (C=O) groups is 2. The Morgan fingerprint density at radius 3 is 2.48 bits per heavy atom. The fraction of sp³-hybridized carbons (Fsp3) is 0.263. The van der Waals surface area contributed by atoms with E-state index in [9.17, 15) is 19.7 Å². The van der Waals surface area contributed by atoms with E-state index in [1.807, 2.05) is 24.3 Å². The minimum Gasteiger partial charge on any atom is -0.452 e. The second-order valence-electron chi connectivity index (χ2n) is 6.43. The van der Waals surface area contributed by atoms with Crippen molar-refractivity contribution in [3.8, 4) is 0 Å². The van der Waals surface area contributed by atoms with Crippen LogP contribution in [0.3, 0.4) is 0 Å². The van der Waals surface area contributed by atoms with Crippen molar-refractivity contribution in [3.05, 3.63) is 63.2 Å². The van der Waals surface area contributed by atoms with E-state index in [4.69, 9.17) is 22.1 Å². The van der Waals surface area contributed by atoms with Gasteiger partial charge in [0.25, 0.3) is 11.6 Å². The number of para-hydroxylation sites is 1. The maximum absolute atomic E-state index is 12.3. The molecule has 0 saturated carbocycles. The van der Waals surface area contributed by atoms with Crippen molar-refractivity contribution in [1.82, 2.24) is 4.90 Å². The Morgan fingerprint density at radius 2 is 1.83 bits per heavy atom. The number of hydrogen-bond donors (Lipinski definition) is 1. The summed E-state index contributed by atoms with van der Waals surface area (Å²) in [4.78, 5) is 38.4. The molecule has 0 aromatic heterocycles. The maximum atomic E-state index is 12.3. The number of carbonyl (C=O) groups excluding carboxylic acids is 2. The number of esters is 1. The van der Waals surface area contributed by atoms with Gasteiger partial charge in [0.05, 0.1) is 21.2 Å². The number of amides is 1. The van der Waals surface area contributed by atoms with E-state index in [2.05, 4.69) is 4.90 Å². The van der Waals surface area contributed by atoms with Crippen molar-refractivity contribution in [3.63, 3.8) is 0 Å². The first-order valence-electron chi connectivity index (χ1n) is 8.85. The zero-order valence-electron chi connectivity index (χ0n) is 15.4. The third kappa shape index (κ3) is 4.75. The van der Waals surface area contributed by atoms with Crippen molar-refractivity contribution >= 4 is 40.5 Å². The molecule has 1 amide bonds. The van der Waals surface area contributed by atoms with Crippen LogP contribution in [0.5, 0.6) is 0 Å². The van der Waals surface area contributed by atoms with Crippen molar-refractivity contribution in [2.24, 2.45) is 0 Å². The summed E-state index contributed by atoms with van der Waals surface area (Å²) in [5.74, 6) is -1.15. The molecule has 2 aromatic carbocycles. The number of benzene rings is 2. The van der Waals surface area contributed by atoms with Gasteiger partial charge in [-0.1, -0.05) is 23.7 Å². The number of hydrogen-bond acceptors (Lipinski definition) is 7. The highest BCUT2D eigenvalue weighted by atomic mass is 35.5. The van der Waals surface area contributed by atoms with Crippen LogP contribution in [-0.2, 0) is 9.53 Å². The topological polar surface area (TPSA) is 119 Å². The van der Waals surface area contributed by atoms with Crippen molar-refractivity contribution < 1.29 is 19.2 Å². The molecule has 10 heteroatoms. The van der Waals surface area contributed by atoms with Gasteiger partial charge in [-0.05, 0) is 24.3 Å². The van der Waals surface area contributed by atoms with Crippen LogP contribution in [0.2, 0.25) is 5.02 Å². The quantitative estimate of drug-likeness (QED) is 0.342. The second-order valence-corrected chi connectivity index (χ2v) is 6.83. The molecule has 2 N–H and O–H groups in total. The van der Waals surface area contributed by atoms with Crippen LogP contribution >= 0.6 is 11.6 Å². The predicted octanol–water partition coefficient (Wildman–Crippen LogP) is 2.34. The van der Waals surface area contributed by atoms with Gasteiger partial charge in [-0.15, -0.1) is 0 Å². The molecule has 0 aliphatic carbocycles. The number of anilines is 2. The molecule has 1 saturated heterocycles. The highest BCUT2D eigenvalue weighted by Crippen LogP contribution is 2.26. The standard InChI is InChI=1S/C19H19ClN4O5/c20-14-3-1-2-4-16(14)22-7-9-23(10-8-22)18(25)12-29-19(26)13-5-6-15(21)17(11-13)24(27)28/h1-6,11H,7-10,12,21H2. The van der Waals surface area contributed by atoms with E-state index in [0.29, 0.717) is 31.2 Å². The highest BCUT2D eigenvalue weighted by Gasteiger charge is 2.24. The number of nitro groups is 1. The van der Waals surface area contributed by atoms with E-state index >= 15 is 0 Å². The Labute approximate surface area is 171 Å². The van der Waals surface area contributed by atoms with Crippen LogP contribution < -0.4 is 10.6 Å². The summed E-state index contributed by atoms with van der Waals surface area (Å²) >= 11 is 6.21. The van der Waals surface area contributed by atoms with E-state index in [0.717, 1.165) is 11.8 Å². The van der Waals surface area contributed by atoms with Gasteiger partial charge in [-0.3, -0.25) is 14.9 Å². The average Bonchev–Trinajstić information content (AvgIpc) is 2.72. The maximum Gasteiger partial charge on any atom is 0.338 e. The smallest absolute Gasteiger partial charge is 0.338 e. The Kier molecular flexibility index (Phi) is 6.18. The molecule has 1 aliphatic rings. The Hall–Kier alpha value is -3.33. The zero-order valence-corrected chi connectivity index (χ0v) is 16.2. The summed E-state index contributed by atoms with van der Waals surface area (Å²) in [7, 11) is 0. The van der Waals surface area contributed by atoms with E-state index in [1.165, 1.54) is 12.1 Å². The molecule has 0 radical (unpaired) electrons. The monoisotopic (exact) mass is 418 g/mol. The van der Waals surface area contributed by atoms with Gasteiger partial charge in [0.2, 0.25) is 0 Å². The highest BCUT2D eigenvalue weighted by molar-refractivity contribution is 6.33. The van der Waals surface area contributed by atoms with Gasteiger partial charge >= 0.3 is 5.97 Å². The molecule has 152 valence electrons. The number of ether oxygens (including phenoxy) is 1. The fourth-order valence-corrected chi connectivity index (χ4v) is 3.29. The molecule has 29 heavy (non-hydrogen) atoms. The average molecular weight is 419 g/mol. The number of nitrogens with two attached hydrogens (primary N) is 1. The van der Waals surface area contributed by atoms with Gasteiger partial charge in [0.1, 0.15) is 5.69 Å². The lowest BCUT2D eigenvalue weighted by molar-refractivity contribution is -0.383. The third-order valence-corrected chi connectivity index (χ3v) is 4.93. The molecule has 2 aromatic rings. The lowest BCUT2D eigenvalue weighted by Gasteiger charge is -2.36. The zero-order chi connectivity index (χ0) is 21.0. The minimum atomic E-state index is -0.823. The number of rotatable bonds is 5. The third-order valence-electron chi connectivity index (χ3n) is 4.62. The van der Waals surface area contributed by atoms with Gasteiger partial charge in [0, 0.05) is 32.2 Å². The summed E-state index contributed by atoms with van der Waals surface area (Å²) in [5.41, 5.74) is 5.94. The van der Waals surface area contributed by atoms with Gasteiger partial charge < -0.3 is 20.3 Å². The normalized spacial score (nSPS) is 13.8. The Balaban J connectivity index is 1.53. The molecule has 0 bridgehead atoms. The van der Waals surface area contributed by atoms with Gasteiger partial charge in [-0.2, -0.15) is 0 Å². The SMILES string of the molecule is Nc1ccc(C(=O)OCC(=O)N2CCN(c3ccccc3Cl)CC2)cc1[N+](=O)[O-]. The Morgan fingerprint density at radius 1 is 1.14 bits per heavy atom. The number of nitro benzene ring substituents is 1. The van der Waals surface area contributed by atoms with Crippen LogP contribution in [0.25, 0.3) is 0 Å². The molecule has 0 spiro atoms. The summed E-state index contributed by atoms with van der Waals surface area (Å²) in [6, 6.07) is 11.1. The molecule has 1 heterocycles. The Bertz CT molecular complexity index is 944. The molecule has 3 rings (SSSR count). The van der Waals surface area contributed by atoms with Crippen LogP contribution in [-0.4, -0.2) is 54.5 Å². The molecule has 9 nitrogen and oxygen atoms in total. The van der Waals surface area contributed by atoms with E-state index < -0.39 is 17.5 Å². The number of nitrogens with zero attached hydrogens (tertiary/aromatic N) is 3. The summed E-state index contributed by atoms with van der Waals surface area (Å²) in [6.45, 7) is 1.70. The van der Waals surface area contributed by atoms with Crippen LogP contribution in [0.4, 0.5) is 17.1 Å².